The summed E-state index contributed by atoms with van der Waals surface area (Å²) in [6, 6.07) is 4.74. The third kappa shape index (κ3) is 3.72. The molecule has 0 heterocycles. The number of carboxylic acid groups (broad SMARTS) is 1. The minimum absolute atomic E-state index is 0.318. The molecular weight excluding hydrogens is 246 g/mol. The van der Waals surface area contributed by atoms with Crippen LogP contribution in [0.1, 0.15) is 15.9 Å². The summed E-state index contributed by atoms with van der Waals surface area (Å²) < 4.78 is 0. The van der Waals surface area contributed by atoms with Crippen molar-refractivity contribution < 1.29 is 19.8 Å². The maximum Gasteiger partial charge on any atom is 0.334 e. The van der Waals surface area contributed by atoms with Crippen molar-refractivity contribution in [1.29, 1.82) is 0 Å². The summed E-state index contributed by atoms with van der Waals surface area (Å²) in [5.41, 5.74) is 1.16. The molecule has 0 spiro atoms. The smallest absolute Gasteiger partial charge is 0.334 e. The maximum atomic E-state index is 11.6. The van der Waals surface area contributed by atoms with Crippen LogP contribution in [0.15, 0.2) is 18.2 Å². The fourth-order valence-corrected chi connectivity index (χ4v) is 1.29. The lowest BCUT2D eigenvalue weighted by Crippen LogP contribution is -2.36. The third-order valence-electron chi connectivity index (χ3n) is 2.18. The summed E-state index contributed by atoms with van der Waals surface area (Å²) in [5, 5.41) is 20.2. The number of aliphatic hydroxyl groups excluding tert-OH is 1. The molecule has 0 bridgehead atoms. The number of hydrogen-bond donors (Lipinski definition) is 3. The van der Waals surface area contributed by atoms with E-state index in [0.717, 1.165) is 5.56 Å². The van der Waals surface area contributed by atoms with Gasteiger partial charge in [0.25, 0.3) is 5.91 Å². The Kier molecular flexibility index (Phi) is 4.48. The lowest BCUT2D eigenvalue weighted by atomic mass is 10.1. The van der Waals surface area contributed by atoms with E-state index in [2.05, 4.69) is 5.32 Å². The first-order chi connectivity index (χ1) is 7.91. The summed E-state index contributed by atoms with van der Waals surface area (Å²) in [7, 11) is 0. The summed E-state index contributed by atoms with van der Waals surface area (Å²) in [5.74, 6) is -1.86. The molecule has 5 nitrogen and oxygen atoms in total. The van der Waals surface area contributed by atoms with Crippen molar-refractivity contribution in [2.24, 2.45) is 0 Å². The zero-order chi connectivity index (χ0) is 13.0. The van der Waals surface area contributed by atoms with E-state index in [0.29, 0.717) is 10.6 Å². The van der Waals surface area contributed by atoms with Gasteiger partial charge in [0, 0.05) is 10.6 Å². The topological polar surface area (TPSA) is 86.6 Å². The number of rotatable bonds is 4. The van der Waals surface area contributed by atoms with E-state index < -0.39 is 18.0 Å². The number of nitrogens with one attached hydrogen (secondary N) is 1. The van der Waals surface area contributed by atoms with Crippen LogP contribution in [0.3, 0.4) is 0 Å². The zero-order valence-electron chi connectivity index (χ0n) is 9.11. The molecule has 0 unspecified atom stereocenters. The third-order valence-corrected chi connectivity index (χ3v) is 2.58. The van der Waals surface area contributed by atoms with E-state index in [9.17, 15) is 9.59 Å². The molecule has 1 aromatic rings. The second kappa shape index (κ2) is 5.65. The van der Waals surface area contributed by atoms with Crippen LogP contribution in [-0.4, -0.2) is 34.7 Å². The van der Waals surface area contributed by atoms with Crippen LogP contribution in [0.2, 0.25) is 5.02 Å². The number of carbonyl (C=O) groups excluding carboxylic acids is 1. The van der Waals surface area contributed by atoms with Crippen molar-refractivity contribution in [1.82, 2.24) is 5.32 Å². The van der Waals surface area contributed by atoms with Crippen LogP contribution >= 0.6 is 11.6 Å². The molecule has 0 aliphatic rings. The minimum Gasteiger partial charge on any atom is -0.479 e. The quantitative estimate of drug-likeness (QED) is 0.745. The van der Waals surface area contributed by atoms with Gasteiger partial charge in [-0.25, -0.2) is 4.79 Å². The first kappa shape index (κ1) is 13.5. The van der Waals surface area contributed by atoms with Gasteiger partial charge in [-0.1, -0.05) is 17.7 Å². The Morgan fingerprint density at radius 1 is 1.47 bits per heavy atom. The Bertz CT molecular complexity index is 447. The Morgan fingerprint density at radius 3 is 2.65 bits per heavy atom. The number of hydrogen-bond acceptors (Lipinski definition) is 3. The number of benzene rings is 1. The van der Waals surface area contributed by atoms with Gasteiger partial charge < -0.3 is 15.5 Å². The van der Waals surface area contributed by atoms with E-state index >= 15 is 0 Å². The van der Waals surface area contributed by atoms with E-state index in [1.165, 1.54) is 6.07 Å². The molecule has 0 radical (unpaired) electrons. The van der Waals surface area contributed by atoms with E-state index in [1.807, 2.05) is 0 Å². The van der Waals surface area contributed by atoms with Crippen LogP contribution in [0.4, 0.5) is 0 Å². The molecule has 0 saturated carbocycles. The van der Waals surface area contributed by atoms with Crippen molar-refractivity contribution in [3.8, 4) is 0 Å². The maximum absolute atomic E-state index is 11.6. The molecule has 3 N–H and O–H groups in total. The number of aliphatic hydroxyl groups is 1. The fraction of sp³-hybridized carbons (Fsp3) is 0.273. The normalized spacial score (nSPS) is 11.9. The minimum atomic E-state index is -1.61. The van der Waals surface area contributed by atoms with Gasteiger partial charge in [0.05, 0.1) is 6.54 Å². The van der Waals surface area contributed by atoms with Gasteiger partial charge in [-0.2, -0.15) is 0 Å². The molecule has 0 aliphatic carbocycles. The second-order valence-electron chi connectivity index (χ2n) is 3.53. The largest absolute Gasteiger partial charge is 0.479 e. The van der Waals surface area contributed by atoms with Crippen molar-refractivity contribution in [2.45, 2.75) is 13.0 Å². The van der Waals surface area contributed by atoms with Crippen LogP contribution < -0.4 is 5.32 Å². The van der Waals surface area contributed by atoms with E-state index in [-0.39, 0.29) is 6.54 Å². The van der Waals surface area contributed by atoms with Crippen molar-refractivity contribution >= 4 is 23.5 Å². The average Bonchev–Trinajstić information content (AvgIpc) is 2.28. The van der Waals surface area contributed by atoms with Gasteiger partial charge in [0.2, 0.25) is 0 Å². The van der Waals surface area contributed by atoms with Gasteiger partial charge in [0.1, 0.15) is 0 Å². The van der Waals surface area contributed by atoms with Crippen LogP contribution in [-0.2, 0) is 4.79 Å². The summed E-state index contributed by atoms with van der Waals surface area (Å²) in [6.07, 6.45) is -1.61. The first-order valence-electron chi connectivity index (χ1n) is 4.87. The first-order valence-corrected chi connectivity index (χ1v) is 5.25. The second-order valence-corrected chi connectivity index (χ2v) is 3.94. The highest BCUT2D eigenvalue weighted by Crippen LogP contribution is 2.16. The Morgan fingerprint density at radius 2 is 2.12 bits per heavy atom. The van der Waals surface area contributed by atoms with Crippen LogP contribution in [0.5, 0.6) is 0 Å². The number of amides is 1. The number of carboxylic acids is 1. The van der Waals surface area contributed by atoms with E-state index in [1.54, 1.807) is 19.1 Å². The van der Waals surface area contributed by atoms with Gasteiger partial charge in [0.15, 0.2) is 6.10 Å². The molecule has 17 heavy (non-hydrogen) atoms. The number of carbonyl (C=O) groups is 2. The monoisotopic (exact) mass is 257 g/mol. The average molecular weight is 258 g/mol. The SMILES string of the molecule is Cc1ccc(C(=O)NC[C@H](O)C(=O)O)cc1Cl. The molecule has 1 atom stereocenters. The van der Waals surface area contributed by atoms with E-state index in [4.69, 9.17) is 21.8 Å². The summed E-state index contributed by atoms with van der Waals surface area (Å²) in [4.78, 5) is 21.9. The lowest BCUT2D eigenvalue weighted by molar-refractivity contribution is -0.146. The number of aliphatic carboxylic acids is 1. The number of aryl methyl sites for hydroxylation is 1. The fourth-order valence-electron chi connectivity index (χ4n) is 1.11. The summed E-state index contributed by atoms with van der Waals surface area (Å²) >= 11 is 5.85. The Balaban J connectivity index is 2.64. The molecule has 92 valence electrons. The van der Waals surface area contributed by atoms with Crippen molar-refractivity contribution in [3.05, 3.63) is 34.3 Å². The molecule has 1 aromatic carbocycles. The highest BCUT2D eigenvalue weighted by atomic mass is 35.5. The molecular formula is C11H12ClNO4. The highest BCUT2D eigenvalue weighted by Gasteiger charge is 2.15. The number of halogens is 1. The Labute approximate surface area is 103 Å². The molecule has 0 fully saturated rings. The molecule has 0 aliphatic heterocycles. The van der Waals surface area contributed by atoms with Crippen molar-refractivity contribution in [3.63, 3.8) is 0 Å². The molecule has 1 amide bonds. The van der Waals surface area contributed by atoms with Crippen LogP contribution in [0.25, 0.3) is 0 Å². The molecule has 0 saturated heterocycles. The predicted molar refractivity (Wildman–Crippen MR) is 62.2 cm³/mol. The molecule has 0 aromatic heterocycles. The van der Waals surface area contributed by atoms with Crippen molar-refractivity contribution in [2.75, 3.05) is 6.54 Å². The molecule has 6 heteroatoms. The molecule has 1 rings (SSSR count). The standard InChI is InChI=1S/C11H12ClNO4/c1-6-2-3-7(4-8(6)12)10(15)13-5-9(14)11(16)17/h2-4,9,14H,5H2,1H3,(H,13,15)(H,16,17)/t9-/m0/s1. The van der Waals surface area contributed by atoms with Gasteiger partial charge in [-0.05, 0) is 24.6 Å². The van der Waals surface area contributed by atoms with Gasteiger partial charge in [-0.3, -0.25) is 4.79 Å². The van der Waals surface area contributed by atoms with Gasteiger partial charge in [-0.15, -0.1) is 0 Å². The summed E-state index contributed by atoms with van der Waals surface area (Å²) in [6.45, 7) is 1.46. The lowest BCUT2D eigenvalue weighted by Gasteiger charge is -2.08. The zero-order valence-corrected chi connectivity index (χ0v) is 9.86. The van der Waals surface area contributed by atoms with Crippen LogP contribution in [0, 0.1) is 6.92 Å². The predicted octanol–water partition coefficient (Wildman–Crippen LogP) is 0.824. The Hall–Kier alpha value is -1.59. The highest BCUT2D eigenvalue weighted by molar-refractivity contribution is 6.31. The van der Waals surface area contributed by atoms with Gasteiger partial charge >= 0.3 is 5.97 Å².